The van der Waals surface area contributed by atoms with E-state index in [1.54, 1.807) is 38.1 Å². The Bertz CT molecular complexity index is 1110. The van der Waals surface area contributed by atoms with Crippen molar-refractivity contribution in [3.63, 3.8) is 0 Å². The van der Waals surface area contributed by atoms with Crippen molar-refractivity contribution < 1.29 is 28.7 Å². The molecule has 0 atom stereocenters. The number of ether oxygens (including phenoxy) is 2. The largest absolute Gasteiger partial charge is 0.462 e. The molecule has 170 valence electrons. The molecule has 1 aliphatic carbocycles. The third-order valence-electron chi connectivity index (χ3n) is 4.34. The Morgan fingerprint density at radius 1 is 0.788 bits per heavy atom. The van der Waals surface area contributed by atoms with Gasteiger partial charge in [0.05, 0.1) is 45.5 Å². The molecule has 0 saturated carbocycles. The van der Waals surface area contributed by atoms with Gasteiger partial charge in [-0.15, -0.1) is 22.7 Å². The van der Waals surface area contributed by atoms with E-state index in [1.807, 2.05) is 0 Å². The van der Waals surface area contributed by atoms with Gasteiger partial charge in [0, 0.05) is 28.6 Å². The van der Waals surface area contributed by atoms with Crippen LogP contribution in [-0.2, 0) is 19.1 Å². The first-order valence-electron chi connectivity index (χ1n) is 9.99. The Hall–Kier alpha value is -3.50. The van der Waals surface area contributed by atoms with Crippen LogP contribution in [0.15, 0.2) is 56.8 Å². The van der Waals surface area contributed by atoms with Gasteiger partial charge >= 0.3 is 11.9 Å². The summed E-state index contributed by atoms with van der Waals surface area (Å²) < 4.78 is 10.3. The van der Waals surface area contributed by atoms with Crippen LogP contribution in [0.4, 0.5) is 0 Å². The number of carbonyl (C=O) groups excluding carboxylic acids is 4. The Labute approximate surface area is 198 Å². The maximum atomic E-state index is 12.8. The topological polar surface area (TPSA) is 111 Å². The van der Waals surface area contributed by atoms with Gasteiger partial charge in [-0.1, -0.05) is 0 Å². The van der Waals surface area contributed by atoms with E-state index in [9.17, 15) is 19.2 Å². The van der Waals surface area contributed by atoms with E-state index in [0.29, 0.717) is 30.9 Å². The van der Waals surface area contributed by atoms with Crippen LogP contribution in [0.2, 0.25) is 0 Å². The van der Waals surface area contributed by atoms with Gasteiger partial charge < -0.3 is 9.47 Å². The summed E-state index contributed by atoms with van der Waals surface area (Å²) in [6, 6.07) is 6.80. The van der Waals surface area contributed by atoms with Crippen LogP contribution in [-0.4, -0.2) is 50.2 Å². The molecule has 0 aliphatic heterocycles. The van der Waals surface area contributed by atoms with Crippen molar-refractivity contribution in [2.24, 2.45) is 9.98 Å². The monoisotopic (exact) mass is 484 g/mol. The molecule has 0 radical (unpaired) electrons. The second kappa shape index (κ2) is 11.4. The van der Waals surface area contributed by atoms with Crippen molar-refractivity contribution >= 4 is 59.6 Å². The fraction of sp³-hybridized carbons (Fsp3) is 0.217. The molecule has 0 amide bonds. The summed E-state index contributed by atoms with van der Waals surface area (Å²) in [6.07, 6.45) is 4.64. The minimum atomic E-state index is -0.697. The number of rotatable bonds is 10. The highest BCUT2D eigenvalue weighted by molar-refractivity contribution is 7.15. The van der Waals surface area contributed by atoms with Crippen molar-refractivity contribution in [1.82, 2.24) is 0 Å². The Morgan fingerprint density at radius 2 is 1.18 bits per heavy atom. The van der Waals surface area contributed by atoms with Crippen LogP contribution in [0.5, 0.6) is 0 Å². The quantitative estimate of drug-likeness (QED) is 0.286. The fourth-order valence-corrected chi connectivity index (χ4v) is 4.37. The predicted octanol–water partition coefficient (Wildman–Crippen LogP) is 4.01. The molecule has 0 spiro atoms. The van der Waals surface area contributed by atoms with Crippen LogP contribution in [0.1, 0.15) is 49.4 Å². The smallest absolute Gasteiger partial charge is 0.340 e. The molecule has 2 aromatic heterocycles. The molecule has 3 rings (SSSR count). The van der Waals surface area contributed by atoms with Gasteiger partial charge in [0.25, 0.3) is 0 Å². The summed E-state index contributed by atoms with van der Waals surface area (Å²) >= 11 is 2.49. The highest BCUT2D eigenvalue weighted by Crippen LogP contribution is 2.36. The molecule has 10 heteroatoms. The van der Waals surface area contributed by atoms with Crippen molar-refractivity contribution in [2.45, 2.75) is 20.3 Å². The van der Waals surface area contributed by atoms with E-state index in [0.717, 1.165) is 12.6 Å². The normalized spacial score (nSPS) is 13.9. The fourth-order valence-electron chi connectivity index (χ4n) is 2.98. The Kier molecular flexibility index (Phi) is 8.34. The number of hydrogen-bond acceptors (Lipinski definition) is 10. The molecular weight excluding hydrogens is 464 g/mol. The average Bonchev–Trinajstić information content (AvgIpc) is 3.54. The van der Waals surface area contributed by atoms with Crippen molar-refractivity contribution in [3.8, 4) is 0 Å². The molecule has 2 heterocycles. The van der Waals surface area contributed by atoms with Crippen LogP contribution in [0.3, 0.4) is 0 Å². The summed E-state index contributed by atoms with van der Waals surface area (Å²) in [5, 5.41) is 0. The minimum absolute atomic E-state index is 0.00521. The maximum Gasteiger partial charge on any atom is 0.340 e. The zero-order chi connectivity index (χ0) is 23.8. The molecule has 8 nitrogen and oxygen atoms in total. The summed E-state index contributed by atoms with van der Waals surface area (Å²) in [6.45, 7) is 3.56. The highest BCUT2D eigenvalue weighted by Gasteiger charge is 2.35. The van der Waals surface area contributed by atoms with E-state index in [1.165, 1.54) is 35.1 Å². The van der Waals surface area contributed by atoms with E-state index < -0.39 is 11.9 Å². The molecule has 0 unspecified atom stereocenters. The van der Waals surface area contributed by atoms with E-state index >= 15 is 0 Å². The van der Waals surface area contributed by atoms with Gasteiger partial charge in [-0.2, -0.15) is 0 Å². The first kappa shape index (κ1) is 24.1. The highest BCUT2D eigenvalue weighted by atomic mass is 32.1. The van der Waals surface area contributed by atoms with Gasteiger partial charge in [0.1, 0.15) is 0 Å². The predicted molar refractivity (Wildman–Crippen MR) is 127 cm³/mol. The molecule has 0 saturated heterocycles. The lowest BCUT2D eigenvalue weighted by Gasteiger charge is -2.08. The summed E-state index contributed by atoms with van der Waals surface area (Å²) in [7, 11) is 0. The lowest BCUT2D eigenvalue weighted by Crippen LogP contribution is -2.17. The van der Waals surface area contributed by atoms with E-state index in [4.69, 9.17) is 9.47 Å². The maximum absolute atomic E-state index is 12.8. The van der Waals surface area contributed by atoms with E-state index in [-0.39, 0.29) is 30.8 Å². The molecule has 1 aliphatic rings. The van der Waals surface area contributed by atoms with Crippen molar-refractivity contribution in [2.75, 3.05) is 13.2 Å². The first-order chi connectivity index (χ1) is 16.0. The van der Waals surface area contributed by atoms with Gasteiger partial charge in [-0.3, -0.25) is 19.6 Å². The number of carbonyl (C=O) groups is 4. The third-order valence-corrected chi connectivity index (χ3v) is 6.23. The first-order valence-corrected chi connectivity index (χ1v) is 11.6. The molecular formula is C23H20N2O6S2. The lowest BCUT2D eigenvalue weighted by molar-refractivity contribution is -0.142. The van der Waals surface area contributed by atoms with Crippen LogP contribution in [0, 0.1) is 0 Å². The second-order valence-electron chi connectivity index (χ2n) is 6.49. The minimum Gasteiger partial charge on any atom is -0.462 e. The molecule has 0 aromatic carbocycles. The number of esters is 2. The van der Waals surface area contributed by atoms with Crippen LogP contribution >= 0.6 is 22.7 Å². The second-order valence-corrected chi connectivity index (χ2v) is 8.79. The summed E-state index contributed by atoms with van der Waals surface area (Å²) in [5.74, 6) is -1.39. The molecule has 2 aromatic rings. The molecule has 0 fully saturated rings. The zero-order valence-electron chi connectivity index (χ0n) is 17.9. The van der Waals surface area contributed by atoms with Gasteiger partial charge in [0.15, 0.2) is 12.6 Å². The number of aldehydes is 2. The molecule has 0 bridgehead atoms. The van der Waals surface area contributed by atoms with Crippen molar-refractivity contribution in [3.05, 3.63) is 66.3 Å². The lowest BCUT2D eigenvalue weighted by atomic mass is 10.1. The van der Waals surface area contributed by atoms with Crippen molar-refractivity contribution in [1.29, 1.82) is 0 Å². The number of thiophene rings is 2. The van der Waals surface area contributed by atoms with Gasteiger partial charge in [-0.05, 0) is 38.1 Å². The number of nitrogens with zero attached hydrogens (tertiary/aromatic N) is 2. The van der Waals surface area contributed by atoms with Crippen LogP contribution < -0.4 is 0 Å². The van der Waals surface area contributed by atoms with Gasteiger partial charge in [0.2, 0.25) is 0 Å². The number of hydrogen-bond donors (Lipinski definition) is 0. The zero-order valence-corrected chi connectivity index (χ0v) is 19.5. The third kappa shape index (κ3) is 5.85. The van der Waals surface area contributed by atoms with Gasteiger partial charge in [-0.25, -0.2) is 9.59 Å². The Balaban J connectivity index is 2.02. The average molecular weight is 485 g/mol. The summed E-state index contributed by atoms with van der Waals surface area (Å²) in [5.41, 5.74) is 0.630. The summed E-state index contributed by atoms with van der Waals surface area (Å²) in [4.78, 5) is 58.8. The Morgan fingerprint density at radius 3 is 1.52 bits per heavy atom. The number of aliphatic imine (C=N–C) groups is 2. The molecule has 33 heavy (non-hydrogen) atoms. The standard InChI is InChI=1S/C23H20N2O6S2/c1-3-30-22(28)20-18(24-10-14-5-7-16(12-26)32-14)9-19(21(20)23(29)31-4-2)25-11-15-6-8-17(13-27)33-15/h5-8,10-13H,3-4,9H2,1-2H3. The SMILES string of the molecule is CCOC(=O)C1=C(N=Cc2ccc(C=O)s2)CC(N=Cc2ccc(C=O)s2)=C1C(=O)OCC. The van der Waals surface area contributed by atoms with Crippen LogP contribution in [0.25, 0.3) is 0 Å². The van der Waals surface area contributed by atoms with E-state index in [2.05, 4.69) is 9.98 Å². The molecule has 0 N–H and O–H groups in total.